The van der Waals surface area contributed by atoms with Crippen LogP contribution in [0.3, 0.4) is 0 Å². The summed E-state index contributed by atoms with van der Waals surface area (Å²) in [6, 6.07) is 16.2. The van der Waals surface area contributed by atoms with Crippen molar-refractivity contribution in [1.82, 2.24) is 0 Å². The number of hydrogen-bond donors (Lipinski definition) is 0. The van der Waals surface area contributed by atoms with Gasteiger partial charge in [-0.25, -0.2) is 0 Å². The SMILES string of the molecule is Cc1ccc(N(C)CC(=O)c2ccc(C(C)C)cc2)cc1. The number of likely N-dealkylation sites (N-methyl/N-ethyl adjacent to an activating group) is 1. The lowest BCUT2D eigenvalue weighted by atomic mass is 10.0. The number of carbonyl (C=O) groups excluding carboxylic acids is 1. The molecule has 0 N–H and O–H groups in total. The second-order valence-electron chi connectivity index (χ2n) is 5.89. The first-order valence-electron chi connectivity index (χ1n) is 7.38. The molecule has 2 aromatic carbocycles. The van der Waals surface area contributed by atoms with Crippen molar-refractivity contribution in [2.75, 3.05) is 18.5 Å². The second-order valence-corrected chi connectivity index (χ2v) is 5.89. The maximum absolute atomic E-state index is 12.3. The maximum atomic E-state index is 12.3. The molecule has 0 saturated heterocycles. The van der Waals surface area contributed by atoms with E-state index in [1.165, 1.54) is 11.1 Å². The molecule has 0 radical (unpaired) electrons. The Labute approximate surface area is 127 Å². The van der Waals surface area contributed by atoms with Gasteiger partial charge in [-0.3, -0.25) is 4.79 Å². The van der Waals surface area contributed by atoms with E-state index in [4.69, 9.17) is 0 Å². The Morgan fingerprint density at radius 2 is 1.57 bits per heavy atom. The van der Waals surface area contributed by atoms with Crippen molar-refractivity contribution in [1.29, 1.82) is 0 Å². The molecule has 0 aliphatic carbocycles. The highest BCUT2D eigenvalue weighted by atomic mass is 16.1. The van der Waals surface area contributed by atoms with Crippen LogP contribution >= 0.6 is 0 Å². The fraction of sp³-hybridized carbons (Fsp3) is 0.316. The van der Waals surface area contributed by atoms with Crippen molar-refractivity contribution in [2.24, 2.45) is 0 Å². The lowest BCUT2D eigenvalue weighted by Gasteiger charge is -2.18. The molecule has 0 amide bonds. The Hall–Kier alpha value is -2.09. The van der Waals surface area contributed by atoms with Crippen LogP contribution in [0.1, 0.15) is 41.3 Å². The number of carbonyl (C=O) groups is 1. The fourth-order valence-corrected chi connectivity index (χ4v) is 2.25. The zero-order chi connectivity index (χ0) is 15.4. The highest BCUT2D eigenvalue weighted by molar-refractivity contribution is 5.99. The standard InChI is InChI=1S/C19H23NO/c1-14(2)16-7-9-17(10-8-16)19(21)13-20(4)18-11-5-15(3)6-12-18/h5-12,14H,13H2,1-4H3. The fourth-order valence-electron chi connectivity index (χ4n) is 2.25. The van der Waals surface area contributed by atoms with E-state index in [9.17, 15) is 4.79 Å². The molecule has 0 aromatic heterocycles. The number of hydrogen-bond acceptors (Lipinski definition) is 2. The summed E-state index contributed by atoms with van der Waals surface area (Å²) in [6.07, 6.45) is 0. The molecule has 2 nitrogen and oxygen atoms in total. The van der Waals surface area contributed by atoms with Crippen molar-refractivity contribution in [3.05, 3.63) is 65.2 Å². The molecule has 21 heavy (non-hydrogen) atoms. The molecule has 0 atom stereocenters. The lowest BCUT2D eigenvalue weighted by molar-refractivity contribution is 0.100. The molecule has 2 aromatic rings. The van der Waals surface area contributed by atoms with Gasteiger partial charge in [0.15, 0.2) is 5.78 Å². The quantitative estimate of drug-likeness (QED) is 0.755. The van der Waals surface area contributed by atoms with Gasteiger partial charge in [0.25, 0.3) is 0 Å². The second kappa shape index (κ2) is 6.57. The van der Waals surface area contributed by atoms with Gasteiger partial charge in [-0.15, -0.1) is 0 Å². The minimum absolute atomic E-state index is 0.147. The van der Waals surface area contributed by atoms with Gasteiger partial charge in [-0.2, -0.15) is 0 Å². The predicted octanol–water partition coefficient (Wildman–Crippen LogP) is 4.44. The first kappa shape index (κ1) is 15.3. The van der Waals surface area contributed by atoms with Crippen molar-refractivity contribution < 1.29 is 4.79 Å². The molecule has 0 saturated carbocycles. The molecular weight excluding hydrogens is 258 g/mol. The molecule has 2 rings (SSSR count). The topological polar surface area (TPSA) is 20.3 Å². The van der Waals surface area contributed by atoms with E-state index in [1.807, 2.05) is 48.3 Å². The number of benzene rings is 2. The van der Waals surface area contributed by atoms with E-state index in [0.717, 1.165) is 11.3 Å². The van der Waals surface area contributed by atoms with E-state index < -0.39 is 0 Å². The molecular formula is C19H23NO. The normalized spacial score (nSPS) is 10.7. The van der Waals surface area contributed by atoms with Gasteiger partial charge >= 0.3 is 0 Å². The van der Waals surface area contributed by atoms with Crippen LogP contribution in [0.4, 0.5) is 5.69 Å². The molecule has 110 valence electrons. The zero-order valence-electron chi connectivity index (χ0n) is 13.3. The number of anilines is 1. The third-order valence-electron chi connectivity index (χ3n) is 3.75. The van der Waals surface area contributed by atoms with E-state index in [-0.39, 0.29) is 5.78 Å². The van der Waals surface area contributed by atoms with Gasteiger partial charge in [-0.05, 0) is 30.5 Å². The zero-order valence-corrected chi connectivity index (χ0v) is 13.3. The van der Waals surface area contributed by atoms with Crippen LogP contribution in [0.2, 0.25) is 0 Å². The van der Waals surface area contributed by atoms with E-state index >= 15 is 0 Å². The average molecular weight is 281 g/mol. The van der Waals surface area contributed by atoms with Crippen molar-refractivity contribution in [2.45, 2.75) is 26.7 Å². The van der Waals surface area contributed by atoms with Gasteiger partial charge in [0.2, 0.25) is 0 Å². The molecule has 0 aliphatic heterocycles. The molecule has 0 spiro atoms. The Bertz CT molecular complexity index is 596. The largest absolute Gasteiger partial charge is 0.367 e. The number of ketones is 1. The summed E-state index contributed by atoms with van der Waals surface area (Å²) in [5.41, 5.74) is 4.33. The number of rotatable bonds is 5. The Balaban J connectivity index is 2.05. The first-order valence-corrected chi connectivity index (χ1v) is 7.38. The minimum atomic E-state index is 0.147. The lowest BCUT2D eigenvalue weighted by Crippen LogP contribution is -2.25. The van der Waals surface area contributed by atoms with Crippen LogP contribution < -0.4 is 4.90 Å². The van der Waals surface area contributed by atoms with Crippen LogP contribution in [0.5, 0.6) is 0 Å². The highest BCUT2D eigenvalue weighted by Crippen LogP contribution is 2.17. The summed E-state index contributed by atoms with van der Waals surface area (Å²) in [5, 5.41) is 0. The number of Topliss-reactive ketones (excluding diaryl/α,β-unsaturated/α-hetero) is 1. The third kappa shape index (κ3) is 3.94. The summed E-state index contributed by atoms with van der Waals surface area (Å²) in [4.78, 5) is 14.3. The number of aryl methyl sites for hydroxylation is 1. The van der Waals surface area contributed by atoms with Gasteiger partial charge in [0.05, 0.1) is 6.54 Å². The Morgan fingerprint density at radius 1 is 1.00 bits per heavy atom. The van der Waals surface area contributed by atoms with Crippen LogP contribution in [0.15, 0.2) is 48.5 Å². The predicted molar refractivity (Wildman–Crippen MR) is 89.3 cm³/mol. The molecule has 0 fully saturated rings. The van der Waals surface area contributed by atoms with Crippen LogP contribution in [0.25, 0.3) is 0 Å². The molecule has 2 heteroatoms. The van der Waals surface area contributed by atoms with Crippen LogP contribution in [-0.4, -0.2) is 19.4 Å². The van der Waals surface area contributed by atoms with E-state index in [1.54, 1.807) is 0 Å². The van der Waals surface area contributed by atoms with Crippen molar-refractivity contribution in [3.8, 4) is 0 Å². The highest BCUT2D eigenvalue weighted by Gasteiger charge is 2.10. The van der Waals surface area contributed by atoms with Crippen molar-refractivity contribution >= 4 is 11.5 Å². The first-order chi connectivity index (χ1) is 9.97. The minimum Gasteiger partial charge on any atom is -0.367 e. The smallest absolute Gasteiger partial charge is 0.182 e. The third-order valence-corrected chi connectivity index (χ3v) is 3.75. The van der Waals surface area contributed by atoms with Gasteiger partial charge in [-0.1, -0.05) is 55.8 Å². The van der Waals surface area contributed by atoms with Gasteiger partial charge in [0.1, 0.15) is 0 Å². The summed E-state index contributed by atoms with van der Waals surface area (Å²) in [5.74, 6) is 0.637. The Kier molecular flexibility index (Phi) is 4.79. The summed E-state index contributed by atoms with van der Waals surface area (Å²) in [6.45, 7) is 6.76. The van der Waals surface area contributed by atoms with Gasteiger partial charge < -0.3 is 4.90 Å². The monoisotopic (exact) mass is 281 g/mol. The van der Waals surface area contributed by atoms with Crippen molar-refractivity contribution in [3.63, 3.8) is 0 Å². The Morgan fingerprint density at radius 3 is 2.10 bits per heavy atom. The summed E-state index contributed by atoms with van der Waals surface area (Å²) < 4.78 is 0. The van der Waals surface area contributed by atoms with E-state index in [2.05, 4.69) is 32.9 Å². The van der Waals surface area contributed by atoms with Crippen LogP contribution in [-0.2, 0) is 0 Å². The summed E-state index contributed by atoms with van der Waals surface area (Å²) >= 11 is 0. The molecule has 0 heterocycles. The molecule has 0 unspecified atom stereocenters. The summed E-state index contributed by atoms with van der Waals surface area (Å²) in [7, 11) is 1.95. The molecule has 0 aliphatic rings. The molecule has 0 bridgehead atoms. The van der Waals surface area contributed by atoms with Gasteiger partial charge in [0, 0.05) is 18.3 Å². The number of nitrogens with zero attached hydrogens (tertiary/aromatic N) is 1. The average Bonchev–Trinajstić information content (AvgIpc) is 2.47. The van der Waals surface area contributed by atoms with Crippen LogP contribution in [0, 0.1) is 6.92 Å². The van der Waals surface area contributed by atoms with E-state index in [0.29, 0.717) is 12.5 Å². The maximum Gasteiger partial charge on any atom is 0.182 e.